The molecular weight excluding hydrogens is 304 g/mol. The number of morpholine rings is 1. The van der Waals surface area contributed by atoms with Crippen molar-refractivity contribution in [3.05, 3.63) is 23.8 Å². The first-order chi connectivity index (χ1) is 10.6. The van der Waals surface area contributed by atoms with Crippen molar-refractivity contribution in [2.45, 2.75) is 0 Å². The lowest BCUT2D eigenvalue weighted by Gasteiger charge is -2.23. The number of phenols is 2. The average Bonchev–Trinajstić information content (AvgIpc) is 2.50. The summed E-state index contributed by atoms with van der Waals surface area (Å²) in [6.45, 7) is 5.44. The second-order valence-corrected chi connectivity index (χ2v) is 5.39. The fraction of sp³-hybridized carbons (Fsp3) is 0.429. The van der Waals surface area contributed by atoms with E-state index in [1.54, 1.807) is 6.07 Å². The molecule has 1 aromatic carbocycles. The van der Waals surface area contributed by atoms with Gasteiger partial charge in [-0.05, 0) is 24.4 Å². The lowest BCUT2D eigenvalue weighted by atomic mass is 10.2. The van der Waals surface area contributed by atoms with Gasteiger partial charge in [0.1, 0.15) is 24.6 Å². The SMILES string of the molecule is Oc1ccc(/C=N/NC(=S)NCC[NH+]2CCOCC2)c(O)c1. The normalized spacial score (nSPS) is 15.8. The highest BCUT2D eigenvalue weighted by molar-refractivity contribution is 7.80. The number of phenolic OH excluding ortho intramolecular Hbond substituents is 2. The van der Waals surface area contributed by atoms with E-state index >= 15 is 0 Å². The van der Waals surface area contributed by atoms with Crippen molar-refractivity contribution in [2.24, 2.45) is 5.10 Å². The Labute approximate surface area is 134 Å². The van der Waals surface area contributed by atoms with Crippen LogP contribution in [-0.2, 0) is 4.74 Å². The molecule has 7 nitrogen and oxygen atoms in total. The first kappa shape index (κ1) is 16.5. The summed E-state index contributed by atoms with van der Waals surface area (Å²) in [5.41, 5.74) is 3.18. The van der Waals surface area contributed by atoms with Crippen LogP contribution in [0.15, 0.2) is 23.3 Å². The molecule has 2 rings (SSSR count). The molecule has 0 unspecified atom stereocenters. The summed E-state index contributed by atoms with van der Waals surface area (Å²) >= 11 is 5.12. The van der Waals surface area contributed by atoms with Gasteiger partial charge in [-0.1, -0.05) is 0 Å². The van der Waals surface area contributed by atoms with Gasteiger partial charge in [0.15, 0.2) is 5.11 Å². The lowest BCUT2D eigenvalue weighted by Crippen LogP contribution is -3.14. The van der Waals surface area contributed by atoms with Crippen LogP contribution < -0.4 is 15.6 Å². The number of hydrogen-bond acceptors (Lipinski definition) is 5. The zero-order valence-corrected chi connectivity index (χ0v) is 13.0. The summed E-state index contributed by atoms with van der Waals surface area (Å²) < 4.78 is 5.30. The third-order valence-corrected chi connectivity index (χ3v) is 3.58. The molecule has 1 aliphatic heterocycles. The highest BCUT2D eigenvalue weighted by atomic mass is 32.1. The van der Waals surface area contributed by atoms with Gasteiger partial charge in [-0.25, -0.2) is 0 Å². The molecule has 0 atom stereocenters. The van der Waals surface area contributed by atoms with Crippen molar-refractivity contribution in [3.63, 3.8) is 0 Å². The van der Waals surface area contributed by atoms with Crippen LogP contribution in [0.4, 0.5) is 0 Å². The average molecular weight is 325 g/mol. The molecule has 1 saturated heterocycles. The molecule has 120 valence electrons. The van der Waals surface area contributed by atoms with Gasteiger partial charge >= 0.3 is 0 Å². The van der Waals surface area contributed by atoms with Crippen molar-refractivity contribution >= 4 is 23.5 Å². The molecule has 0 amide bonds. The number of nitrogens with zero attached hydrogens (tertiary/aromatic N) is 1. The predicted octanol–water partition coefficient (Wildman–Crippen LogP) is -1.19. The van der Waals surface area contributed by atoms with Gasteiger partial charge in [-0.3, -0.25) is 5.43 Å². The predicted molar refractivity (Wildman–Crippen MR) is 87.5 cm³/mol. The molecule has 0 aliphatic carbocycles. The zero-order chi connectivity index (χ0) is 15.8. The summed E-state index contributed by atoms with van der Waals surface area (Å²) in [6.07, 6.45) is 1.44. The van der Waals surface area contributed by atoms with E-state index in [2.05, 4.69) is 15.8 Å². The smallest absolute Gasteiger partial charge is 0.187 e. The maximum Gasteiger partial charge on any atom is 0.187 e. The van der Waals surface area contributed by atoms with Crippen molar-refractivity contribution in [3.8, 4) is 11.5 Å². The minimum Gasteiger partial charge on any atom is -0.508 e. The highest BCUT2D eigenvalue weighted by Crippen LogP contribution is 2.20. The van der Waals surface area contributed by atoms with Gasteiger partial charge in [-0.2, -0.15) is 5.10 Å². The Kier molecular flexibility index (Phi) is 6.38. The maximum absolute atomic E-state index is 9.60. The number of nitrogens with one attached hydrogen (secondary N) is 3. The quantitative estimate of drug-likeness (QED) is 0.266. The molecule has 0 bridgehead atoms. The van der Waals surface area contributed by atoms with Crippen LogP contribution in [0.1, 0.15) is 5.56 Å². The molecule has 1 heterocycles. The molecule has 1 aromatic rings. The summed E-state index contributed by atoms with van der Waals surface area (Å²) in [5.74, 6) is -0.0363. The van der Waals surface area contributed by atoms with Crippen LogP contribution in [0.25, 0.3) is 0 Å². The first-order valence-corrected chi connectivity index (χ1v) is 7.56. The third-order valence-electron chi connectivity index (χ3n) is 3.35. The molecule has 0 spiro atoms. The number of quaternary nitrogens is 1. The summed E-state index contributed by atoms with van der Waals surface area (Å²) in [7, 11) is 0. The van der Waals surface area contributed by atoms with E-state index in [-0.39, 0.29) is 11.5 Å². The van der Waals surface area contributed by atoms with E-state index in [4.69, 9.17) is 17.0 Å². The fourth-order valence-corrected chi connectivity index (χ4v) is 2.26. The summed E-state index contributed by atoms with van der Waals surface area (Å²) in [6, 6.07) is 4.29. The van der Waals surface area contributed by atoms with Crippen LogP contribution >= 0.6 is 12.2 Å². The number of rotatable bonds is 5. The fourth-order valence-electron chi connectivity index (χ4n) is 2.10. The molecule has 0 radical (unpaired) electrons. The van der Waals surface area contributed by atoms with E-state index < -0.39 is 0 Å². The molecule has 8 heteroatoms. The standard InChI is InChI=1S/C14H20N4O3S/c19-12-2-1-11(13(20)9-12)10-16-17-14(22)15-3-4-18-5-7-21-8-6-18/h1-2,9-10,19-20H,3-8H2,(H2,15,17,22)/p+1/b16-10+. The molecular formula is C14H21N4O3S+. The molecule has 5 N–H and O–H groups in total. The van der Waals surface area contributed by atoms with E-state index in [1.807, 2.05) is 0 Å². The van der Waals surface area contributed by atoms with Gasteiger partial charge < -0.3 is 25.2 Å². The van der Waals surface area contributed by atoms with Crippen LogP contribution in [-0.4, -0.2) is 60.9 Å². The number of thiocarbonyl (C=S) groups is 1. The van der Waals surface area contributed by atoms with Crippen molar-refractivity contribution in [1.29, 1.82) is 0 Å². The Morgan fingerprint density at radius 1 is 1.36 bits per heavy atom. The number of aromatic hydroxyl groups is 2. The number of hydrazone groups is 1. The van der Waals surface area contributed by atoms with Gasteiger partial charge in [-0.15, -0.1) is 0 Å². The van der Waals surface area contributed by atoms with E-state index in [1.165, 1.54) is 23.2 Å². The Morgan fingerprint density at radius 3 is 2.86 bits per heavy atom. The largest absolute Gasteiger partial charge is 0.508 e. The van der Waals surface area contributed by atoms with Gasteiger partial charge in [0.05, 0.1) is 32.5 Å². The van der Waals surface area contributed by atoms with E-state index in [0.717, 1.165) is 39.4 Å². The highest BCUT2D eigenvalue weighted by Gasteiger charge is 2.12. The van der Waals surface area contributed by atoms with E-state index in [0.29, 0.717) is 10.7 Å². The lowest BCUT2D eigenvalue weighted by molar-refractivity contribution is -0.906. The minimum atomic E-state index is -0.0413. The molecule has 0 saturated carbocycles. The number of hydrogen-bond donors (Lipinski definition) is 5. The minimum absolute atomic E-state index is 0.00501. The summed E-state index contributed by atoms with van der Waals surface area (Å²) in [5, 5.41) is 26.3. The van der Waals surface area contributed by atoms with Crippen LogP contribution in [0.3, 0.4) is 0 Å². The van der Waals surface area contributed by atoms with Gasteiger partial charge in [0.25, 0.3) is 0 Å². The Morgan fingerprint density at radius 2 is 2.14 bits per heavy atom. The summed E-state index contributed by atoms with van der Waals surface area (Å²) in [4.78, 5) is 1.50. The molecule has 0 aromatic heterocycles. The molecule has 1 fully saturated rings. The van der Waals surface area contributed by atoms with Crippen molar-refractivity contribution < 1.29 is 19.8 Å². The third kappa shape index (κ3) is 5.47. The monoisotopic (exact) mass is 325 g/mol. The van der Waals surface area contributed by atoms with Crippen LogP contribution in [0, 0.1) is 0 Å². The Bertz CT molecular complexity index is 533. The van der Waals surface area contributed by atoms with Gasteiger partial charge in [0, 0.05) is 11.6 Å². The number of benzene rings is 1. The zero-order valence-electron chi connectivity index (χ0n) is 12.2. The van der Waals surface area contributed by atoms with Crippen molar-refractivity contribution in [1.82, 2.24) is 10.7 Å². The van der Waals surface area contributed by atoms with Crippen LogP contribution in [0.2, 0.25) is 0 Å². The second kappa shape index (κ2) is 8.52. The Hall–Kier alpha value is -1.90. The van der Waals surface area contributed by atoms with E-state index in [9.17, 15) is 10.2 Å². The first-order valence-electron chi connectivity index (χ1n) is 7.15. The second-order valence-electron chi connectivity index (χ2n) is 4.98. The molecule has 1 aliphatic rings. The van der Waals surface area contributed by atoms with Crippen LogP contribution in [0.5, 0.6) is 11.5 Å². The van der Waals surface area contributed by atoms with Crippen molar-refractivity contribution in [2.75, 3.05) is 39.4 Å². The Balaban J connectivity index is 1.67. The number of ether oxygens (including phenoxy) is 1. The molecule has 22 heavy (non-hydrogen) atoms. The topological polar surface area (TPSA) is 90.6 Å². The van der Waals surface area contributed by atoms with Gasteiger partial charge in [0.2, 0.25) is 0 Å². The maximum atomic E-state index is 9.60.